The van der Waals surface area contributed by atoms with Gasteiger partial charge >= 0.3 is 0 Å². The SMILES string of the molecule is CN(CC(=O)N1CC[C@@H]2CNC[C@@H]2CC1)c1ncnc2nc[nH]c12. The summed E-state index contributed by atoms with van der Waals surface area (Å²) in [5.74, 6) is 2.33. The summed E-state index contributed by atoms with van der Waals surface area (Å²) in [5, 5.41) is 3.47. The monoisotopic (exact) mass is 329 g/mol. The van der Waals surface area contributed by atoms with Crippen molar-refractivity contribution in [1.82, 2.24) is 30.2 Å². The Bertz CT molecular complexity index is 716. The first-order valence-corrected chi connectivity index (χ1v) is 8.56. The molecule has 8 heteroatoms. The highest BCUT2D eigenvalue weighted by Crippen LogP contribution is 2.27. The van der Waals surface area contributed by atoms with Gasteiger partial charge in [-0.2, -0.15) is 0 Å². The third-order valence-corrected chi connectivity index (χ3v) is 5.31. The van der Waals surface area contributed by atoms with Crippen molar-refractivity contribution >= 4 is 22.9 Å². The number of hydrogen-bond acceptors (Lipinski definition) is 6. The second-order valence-electron chi connectivity index (χ2n) is 6.79. The van der Waals surface area contributed by atoms with Gasteiger partial charge in [-0.1, -0.05) is 0 Å². The second-order valence-corrected chi connectivity index (χ2v) is 6.79. The number of carbonyl (C=O) groups excluding carboxylic acids is 1. The standard InChI is InChI=1S/C16H23N7O/c1-22(16-14-15(19-9-18-14)20-10-21-16)8-13(24)23-4-2-11-6-17-7-12(11)3-5-23/h9-12,17H,2-8H2,1H3,(H,18,19,20,21)/t11-,12+. The number of likely N-dealkylation sites (tertiary alicyclic amines) is 1. The maximum Gasteiger partial charge on any atom is 0.242 e. The maximum atomic E-state index is 12.7. The highest BCUT2D eigenvalue weighted by Gasteiger charge is 2.31. The summed E-state index contributed by atoms with van der Waals surface area (Å²) in [5.41, 5.74) is 1.39. The van der Waals surface area contributed by atoms with Gasteiger partial charge in [0.05, 0.1) is 12.9 Å². The number of nitrogens with one attached hydrogen (secondary N) is 2. The smallest absolute Gasteiger partial charge is 0.242 e. The number of aromatic amines is 1. The summed E-state index contributed by atoms with van der Waals surface area (Å²) in [6.45, 7) is 4.24. The lowest BCUT2D eigenvalue weighted by Gasteiger charge is -2.25. The number of H-pyrrole nitrogens is 1. The lowest BCUT2D eigenvalue weighted by atomic mass is 9.92. The quantitative estimate of drug-likeness (QED) is 0.839. The van der Waals surface area contributed by atoms with Crippen molar-refractivity contribution < 1.29 is 4.79 Å². The Kier molecular flexibility index (Phi) is 4.05. The van der Waals surface area contributed by atoms with E-state index in [0.29, 0.717) is 18.0 Å². The lowest BCUT2D eigenvalue weighted by molar-refractivity contribution is -0.129. The molecule has 2 aromatic rings. The molecule has 2 fully saturated rings. The van der Waals surface area contributed by atoms with Gasteiger partial charge in [-0.15, -0.1) is 0 Å². The fourth-order valence-electron chi connectivity index (χ4n) is 3.89. The minimum Gasteiger partial charge on any atom is -0.348 e. The summed E-state index contributed by atoms with van der Waals surface area (Å²) >= 11 is 0. The fraction of sp³-hybridized carbons (Fsp3) is 0.625. The molecule has 1 amide bonds. The van der Waals surface area contributed by atoms with Crippen molar-refractivity contribution in [1.29, 1.82) is 0 Å². The van der Waals surface area contributed by atoms with Crippen molar-refractivity contribution in [2.75, 3.05) is 44.7 Å². The Morgan fingerprint density at radius 3 is 2.75 bits per heavy atom. The third kappa shape index (κ3) is 2.82. The fourth-order valence-corrected chi connectivity index (χ4v) is 3.89. The highest BCUT2D eigenvalue weighted by atomic mass is 16.2. The zero-order valence-electron chi connectivity index (χ0n) is 13.9. The lowest BCUT2D eigenvalue weighted by Crippen LogP contribution is -2.40. The van der Waals surface area contributed by atoms with Gasteiger partial charge in [0.25, 0.3) is 0 Å². The molecule has 0 unspecified atom stereocenters. The molecule has 0 saturated carbocycles. The van der Waals surface area contributed by atoms with Crippen LogP contribution in [0.4, 0.5) is 5.82 Å². The van der Waals surface area contributed by atoms with Gasteiger partial charge in [-0.05, 0) is 37.8 Å². The maximum absolute atomic E-state index is 12.7. The molecule has 2 aliphatic rings. The van der Waals surface area contributed by atoms with E-state index < -0.39 is 0 Å². The average molecular weight is 329 g/mol. The Balaban J connectivity index is 1.43. The molecular weight excluding hydrogens is 306 g/mol. The van der Waals surface area contributed by atoms with Gasteiger partial charge in [-0.3, -0.25) is 4.79 Å². The predicted molar refractivity (Wildman–Crippen MR) is 90.6 cm³/mol. The summed E-state index contributed by atoms with van der Waals surface area (Å²) in [6.07, 6.45) is 5.29. The molecule has 4 rings (SSSR count). The Labute approximate surface area is 140 Å². The van der Waals surface area contributed by atoms with E-state index in [-0.39, 0.29) is 5.91 Å². The summed E-state index contributed by atoms with van der Waals surface area (Å²) in [6, 6.07) is 0. The van der Waals surface area contributed by atoms with Crippen LogP contribution in [0.5, 0.6) is 0 Å². The molecule has 24 heavy (non-hydrogen) atoms. The minimum absolute atomic E-state index is 0.164. The first-order chi connectivity index (χ1) is 11.7. The van der Waals surface area contributed by atoms with E-state index in [9.17, 15) is 4.79 Å². The first kappa shape index (κ1) is 15.3. The number of anilines is 1. The topological polar surface area (TPSA) is 90.0 Å². The molecule has 2 aliphatic heterocycles. The van der Waals surface area contributed by atoms with E-state index in [0.717, 1.165) is 56.4 Å². The van der Waals surface area contributed by atoms with Crippen LogP contribution >= 0.6 is 0 Å². The number of hydrogen-bond donors (Lipinski definition) is 2. The van der Waals surface area contributed by atoms with E-state index in [2.05, 4.69) is 25.3 Å². The minimum atomic E-state index is 0.164. The molecule has 2 aromatic heterocycles. The number of rotatable bonds is 3. The Morgan fingerprint density at radius 2 is 2.00 bits per heavy atom. The molecule has 0 aliphatic carbocycles. The van der Waals surface area contributed by atoms with Crippen molar-refractivity contribution in [3.05, 3.63) is 12.7 Å². The molecule has 2 atom stereocenters. The number of aromatic nitrogens is 4. The van der Waals surface area contributed by atoms with Crippen LogP contribution in [0.3, 0.4) is 0 Å². The molecule has 2 N–H and O–H groups in total. The van der Waals surface area contributed by atoms with Crippen molar-refractivity contribution in [2.45, 2.75) is 12.8 Å². The van der Waals surface area contributed by atoms with E-state index in [4.69, 9.17) is 0 Å². The number of fused-ring (bicyclic) bond motifs is 2. The van der Waals surface area contributed by atoms with Crippen molar-refractivity contribution in [2.24, 2.45) is 11.8 Å². The normalized spacial score (nSPS) is 24.0. The van der Waals surface area contributed by atoms with Crippen LogP contribution in [-0.4, -0.2) is 70.5 Å². The van der Waals surface area contributed by atoms with Crippen LogP contribution in [0.1, 0.15) is 12.8 Å². The van der Waals surface area contributed by atoms with E-state index in [1.165, 1.54) is 6.33 Å². The number of likely N-dealkylation sites (N-methyl/N-ethyl adjacent to an activating group) is 1. The molecule has 0 aromatic carbocycles. The molecule has 4 heterocycles. The molecule has 8 nitrogen and oxygen atoms in total. The number of imidazole rings is 1. The van der Waals surface area contributed by atoms with E-state index in [1.807, 2.05) is 16.8 Å². The Morgan fingerprint density at radius 1 is 1.25 bits per heavy atom. The van der Waals surface area contributed by atoms with Crippen LogP contribution in [0.25, 0.3) is 11.2 Å². The van der Waals surface area contributed by atoms with Crippen molar-refractivity contribution in [3.8, 4) is 0 Å². The first-order valence-electron chi connectivity index (χ1n) is 8.56. The zero-order valence-corrected chi connectivity index (χ0v) is 13.9. The van der Waals surface area contributed by atoms with Gasteiger partial charge in [0.15, 0.2) is 11.5 Å². The molecule has 128 valence electrons. The largest absolute Gasteiger partial charge is 0.348 e. The van der Waals surface area contributed by atoms with Gasteiger partial charge in [-0.25, -0.2) is 15.0 Å². The van der Waals surface area contributed by atoms with Crippen LogP contribution in [0.15, 0.2) is 12.7 Å². The van der Waals surface area contributed by atoms with Crippen LogP contribution in [-0.2, 0) is 4.79 Å². The van der Waals surface area contributed by atoms with Crippen LogP contribution < -0.4 is 10.2 Å². The van der Waals surface area contributed by atoms with Crippen LogP contribution in [0.2, 0.25) is 0 Å². The number of amides is 1. The third-order valence-electron chi connectivity index (χ3n) is 5.31. The molecule has 2 saturated heterocycles. The Hall–Kier alpha value is -2.22. The summed E-state index contributed by atoms with van der Waals surface area (Å²) < 4.78 is 0. The van der Waals surface area contributed by atoms with Gasteiger partial charge < -0.3 is 20.1 Å². The van der Waals surface area contributed by atoms with Gasteiger partial charge in [0.1, 0.15) is 11.8 Å². The second kappa shape index (κ2) is 6.35. The highest BCUT2D eigenvalue weighted by molar-refractivity contribution is 5.87. The van der Waals surface area contributed by atoms with Crippen LogP contribution in [0, 0.1) is 11.8 Å². The van der Waals surface area contributed by atoms with Crippen molar-refractivity contribution in [3.63, 3.8) is 0 Å². The number of nitrogens with zero attached hydrogens (tertiary/aromatic N) is 5. The van der Waals surface area contributed by atoms with Gasteiger partial charge in [0, 0.05) is 20.1 Å². The predicted octanol–water partition coefficient (Wildman–Crippen LogP) is 0.247. The van der Waals surface area contributed by atoms with Gasteiger partial charge in [0.2, 0.25) is 5.91 Å². The summed E-state index contributed by atoms with van der Waals surface area (Å²) in [4.78, 5) is 32.2. The van der Waals surface area contributed by atoms with E-state index >= 15 is 0 Å². The summed E-state index contributed by atoms with van der Waals surface area (Å²) in [7, 11) is 1.89. The molecule has 0 radical (unpaired) electrons. The molecule has 0 spiro atoms. The molecular formula is C16H23N7O. The average Bonchev–Trinajstić information content (AvgIpc) is 3.19. The number of carbonyl (C=O) groups is 1. The van der Waals surface area contributed by atoms with E-state index in [1.54, 1.807) is 6.33 Å². The molecule has 0 bridgehead atoms. The zero-order chi connectivity index (χ0) is 16.5.